The van der Waals surface area contributed by atoms with Crippen LogP contribution in [0, 0.1) is 12.3 Å². The third-order valence-corrected chi connectivity index (χ3v) is 5.14. The lowest BCUT2D eigenvalue weighted by Crippen LogP contribution is -2.24. The number of hydrogen-bond acceptors (Lipinski definition) is 5. The highest BCUT2D eigenvalue weighted by molar-refractivity contribution is 5.76. The molecule has 0 bridgehead atoms. The van der Waals surface area contributed by atoms with Crippen molar-refractivity contribution in [3.05, 3.63) is 71.4 Å². The average molecular weight is 412 g/mol. The second kappa shape index (κ2) is 9.26. The predicted octanol–water partition coefficient (Wildman–Crippen LogP) is 4.48. The smallest absolute Gasteiger partial charge is 0.253 e. The Balaban J connectivity index is 1.64. The SMILES string of the molecule is C#CC(CCCCC)n1c(=O)ccc2cnc(Nc3ccc(-n4cccn4)cc3)nc21. The van der Waals surface area contributed by atoms with E-state index in [2.05, 4.69) is 33.2 Å². The van der Waals surface area contributed by atoms with Gasteiger partial charge in [0.05, 0.1) is 11.7 Å². The Morgan fingerprint density at radius 3 is 2.71 bits per heavy atom. The Bertz CT molecular complexity index is 1250. The van der Waals surface area contributed by atoms with Crippen LogP contribution in [0.3, 0.4) is 0 Å². The van der Waals surface area contributed by atoms with Crippen LogP contribution in [0.5, 0.6) is 0 Å². The number of terminal acetylenes is 1. The minimum Gasteiger partial charge on any atom is -0.324 e. The average Bonchev–Trinajstić information content (AvgIpc) is 3.33. The minimum absolute atomic E-state index is 0.153. The molecule has 3 heterocycles. The van der Waals surface area contributed by atoms with Crippen LogP contribution in [0.1, 0.15) is 38.6 Å². The molecular weight excluding hydrogens is 388 g/mol. The summed E-state index contributed by atoms with van der Waals surface area (Å²) in [5, 5.41) is 8.21. The Morgan fingerprint density at radius 1 is 1.16 bits per heavy atom. The quantitative estimate of drug-likeness (QED) is 0.341. The lowest BCUT2D eigenvalue weighted by atomic mass is 10.1. The Kier molecular flexibility index (Phi) is 6.08. The molecule has 1 N–H and O–H groups in total. The first kappa shape index (κ1) is 20.4. The van der Waals surface area contributed by atoms with Crippen molar-refractivity contribution >= 4 is 22.7 Å². The van der Waals surface area contributed by atoms with Gasteiger partial charge in [0.1, 0.15) is 5.65 Å². The zero-order valence-corrected chi connectivity index (χ0v) is 17.4. The molecule has 1 atom stereocenters. The van der Waals surface area contributed by atoms with Crippen LogP contribution in [-0.2, 0) is 0 Å². The molecule has 4 aromatic rings. The fourth-order valence-corrected chi connectivity index (χ4v) is 3.52. The molecule has 0 aliphatic rings. The molecule has 3 aromatic heterocycles. The number of benzene rings is 1. The molecule has 0 amide bonds. The number of anilines is 2. The molecule has 0 saturated heterocycles. The van der Waals surface area contributed by atoms with Crippen molar-refractivity contribution in [1.82, 2.24) is 24.3 Å². The Hall–Kier alpha value is -3.92. The van der Waals surface area contributed by atoms with E-state index in [0.29, 0.717) is 11.6 Å². The summed E-state index contributed by atoms with van der Waals surface area (Å²) < 4.78 is 3.40. The van der Waals surface area contributed by atoms with Gasteiger partial charge in [-0.2, -0.15) is 10.1 Å². The third-order valence-electron chi connectivity index (χ3n) is 5.14. The molecule has 0 saturated carbocycles. The lowest BCUT2D eigenvalue weighted by Gasteiger charge is -2.17. The van der Waals surface area contributed by atoms with Gasteiger partial charge in [-0.1, -0.05) is 32.1 Å². The second-order valence-electron chi connectivity index (χ2n) is 7.31. The van der Waals surface area contributed by atoms with E-state index in [1.807, 2.05) is 36.5 Å². The zero-order chi connectivity index (χ0) is 21.6. The van der Waals surface area contributed by atoms with Crippen molar-refractivity contribution in [2.24, 2.45) is 0 Å². The summed E-state index contributed by atoms with van der Waals surface area (Å²) in [5.41, 5.74) is 2.17. The summed E-state index contributed by atoms with van der Waals surface area (Å²) in [6, 6.07) is 12.6. The van der Waals surface area contributed by atoms with E-state index in [9.17, 15) is 4.79 Å². The number of hydrogen-bond donors (Lipinski definition) is 1. The van der Waals surface area contributed by atoms with Gasteiger partial charge in [-0.05, 0) is 42.8 Å². The highest BCUT2D eigenvalue weighted by Gasteiger charge is 2.15. The van der Waals surface area contributed by atoms with E-state index in [-0.39, 0.29) is 11.6 Å². The molecule has 0 fully saturated rings. The molecule has 4 rings (SSSR count). The summed E-state index contributed by atoms with van der Waals surface area (Å²) >= 11 is 0. The van der Waals surface area contributed by atoms with Crippen LogP contribution in [-0.4, -0.2) is 24.3 Å². The largest absolute Gasteiger partial charge is 0.324 e. The zero-order valence-electron chi connectivity index (χ0n) is 17.4. The number of nitrogens with zero attached hydrogens (tertiary/aromatic N) is 5. The Labute approximate surface area is 180 Å². The molecule has 7 heteroatoms. The van der Waals surface area contributed by atoms with Crippen molar-refractivity contribution in [2.75, 3.05) is 5.32 Å². The lowest BCUT2D eigenvalue weighted by molar-refractivity contribution is 0.530. The molecule has 1 unspecified atom stereocenters. The van der Waals surface area contributed by atoms with Gasteiger partial charge in [0.2, 0.25) is 5.95 Å². The van der Waals surface area contributed by atoms with Crippen molar-refractivity contribution in [2.45, 2.75) is 38.6 Å². The number of pyridine rings is 1. The standard InChI is InChI=1S/C24H24N6O/c1-3-5-6-8-20(4-2)30-22(31)14-9-18-17-25-24(28-23(18)30)27-19-10-12-21(13-11-19)29-16-7-15-26-29/h2,7,9-17,20H,3,5-6,8H2,1H3,(H,25,27,28). The maximum Gasteiger partial charge on any atom is 0.253 e. The number of aromatic nitrogens is 5. The summed E-state index contributed by atoms with van der Waals surface area (Å²) in [4.78, 5) is 21.7. The van der Waals surface area contributed by atoms with Gasteiger partial charge < -0.3 is 5.32 Å². The summed E-state index contributed by atoms with van der Waals surface area (Å²) in [7, 11) is 0. The number of nitrogens with one attached hydrogen (secondary N) is 1. The van der Waals surface area contributed by atoms with Gasteiger partial charge in [0, 0.05) is 35.7 Å². The van der Waals surface area contributed by atoms with Crippen molar-refractivity contribution in [3.8, 4) is 18.0 Å². The molecular formula is C24H24N6O. The number of rotatable bonds is 8. The van der Waals surface area contributed by atoms with Gasteiger partial charge in [-0.25, -0.2) is 9.67 Å². The maximum atomic E-state index is 12.7. The fraction of sp³-hybridized carbons (Fsp3) is 0.250. The number of unbranched alkanes of at least 4 members (excludes halogenated alkanes) is 2. The van der Waals surface area contributed by atoms with Gasteiger partial charge in [-0.15, -0.1) is 6.42 Å². The van der Waals surface area contributed by atoms with Crippen LogP contribution in [0.15, 0.2) is 65.8 Å². The van der Waals surface area contributed by atoms with E-state index in [0.717, 1.165) is 42.4 Å². The fourth-order valence-electron chi connectivity index (χ4n) is 3.52. The first-order valence-electron chi connectivity index (χ1n) is 10.4. The molecule has 31 heavy (non-hydrogen) atoms. The van der Waals surface area contributed by atoms with E-state index >= 15 is 0 Å². The first-order valence-corrected chi connectivity index (χ1v) is 10.4. The minimum atomic E-state index is -0.334. The topological polar surface area (TPSA) is 77.6 Å². The first-order chi connectivity index (χ1) is 15.2. The molecule has 0 aliphatic carbocycles. The predicted molar refractivity (Wildman–Crippen MR) is 123 cm³/mol. The van der Waals surface area contributed by atoms with Crippen LogP contribution >= 0.6 is 0 Å². The second-order valence-corrected chi connectivity index (χ2v) is 7.31. The molecule has 0 radical (unpaired) electrons. The summed E-state index contributed by atoms with van der Waals surface area (Å²) in [5.74, 6) is 3.18. The third kappa shape index (κ3) is 4.48. The molecule has 156 valence electrons. The van der Waals surface area contributed by atoms with E-state index in [4.69, 9.17) is 6.42 Å². The van der Waals surface area contributed by atoms with E-state index < -0.39 is 0 Å². The Morgan fingerprint density at radius 2 is 2.00 bits per heavy atom. The van der Waals surface area contributed by atoms with Crippen LogP contribution in [0.4, 0.5) is 11.6 Å². The summed E-state index contributed by atoms with van der Waals surface area (Å²) in [6.45, 7) is 2.14. The van der Waals surface area contributed by atoms with Gasteiger partial charge in [-0.3, -0.25) is 9.36 Å². The van der Waals surface area contributed by atoms with Crippen LogP contribution in [0.2, 0.25) is 0 Å². The van der Waals surface area contributed by atoms with Gasteiger partial charge in [0.25, 0.3) is 5.56 Å². The molecule has 7 nitrogen and oxygen atoms in total. The number of fused-ring (bicyclic) bond motifs is 1. The summed E-state index contributed by atoms with van der Waals surface area (Å²) in [6.07, 6.45) is 15.0. The van der Waals surface area contributed by atoms with Gasteiger partial charge >= 0.3 is 0 Å². The normalized spacial score (nSPS) is 11.9. The van der Waals surface area contributed by atoms with E-state index in [1.54, 1.807) is 27.7 Å². The highest BCUT2D eigenvalue weighted by Crippen LogP contribution is 2.21. The molecule has 1 aromatic carbocycles. The van der Waals surface area contributed by atoms with E-state index in [1.165, 1.54) is 6.07 Å². The maximum absolute atomic E-state index is 12.7. The van der Waals surface area contributed by atoms with Crippen LogP contribution in [0.25, 0.3) is 16.7 Å². The van der Waals surface area contributed by atoms with Crippen molar-refractivity contribution in [3.63, 3.8) is 0 Å². The van der Waals surface area contributed by atoms with Crippen molar-refractivity contribution < 1.29 is 0 Å². The molecule has 0 spiro atoms. The van der Waals surface area contributed by atoms with Crippen molar-refractivity contribution in [1.29, 1.82) is 0 Å². The highest BCUT2D eigenvalue weighted by atomic mass is 16.1. The van der Waals surface area contributed by atoms with Crippen LogP contribution < -0.4 is 10.9 Å². The monoisotopic (exact) mass is 412 g/mol. The molecule has 0 aliphatic heterocycles. The van der Waals surface area contributed by atoms with Gasteiger partial charge in [0.15, 0.2) is 0 Å².